The molecule has 4 aromatic carbocycles. The summed E-state index contributed by atoms with van der Waals surface area (Å²) in [6.07, 6.45) is -0.830. The van der Waals surface area contributed by atoms with E-state index in [1.165, 1.54) is 19.2 Å². The predicted molar refractivity (Wildman–Crippen MR) is 146 cm³/mol. The predicted octanol–water partition coefficient (Wildman–Crippen LogP) is 6.16. The van der Waals surface area contributed by atoms with E-state index in [-0.39, 0.29) is 40.8 Å². The molecule has 0 spiro atoms. The van der Waals surface area contributed by atoms with Crippen molar-refractivity contribution in [2.75, 3.05) is 7.11 Å². The van der Waals surface area contributed by atoms with Gasteiger partial charge in [-0.2, -0.15) is 0 Å². The SMILES string of the molecule is COc1ccc([C@@H]2CC(=O)c3c(O)cc(OC(=O)c4ccccc4C)cc3O2)cc1OC(=O)c1ccccc1C. The van der Waals surface area contributed by atoms with Gasteiger partial charge < -0.3 is 24.1 Å². The van der Waals surface area contributed by atoms with Crippen molar-refractivity contribution in [1.82, 2.24) is 0 Å². The van der Waals surface area contributed by atoms with Gasteiger partial charge in [-0.3, -0.25) is 4.79 Å². The van der Waals surface area contributed by atoms with E-state index in [9.17, 15) is 19.5 Å². The lowest BCUT2D eigenvalue weighted by Crippen LogP contribution is -2.21. The summed E-state index contributed by atoms with van der Waals surface area (Å²) in [5.41, 5.74) is 2.84. The van der Waals surface area contributed by atoms with Crippen molar-refractivity contribution in [1.29, 1.82) is 0 Å². The Kier molecular flexibility index (Phi) is 7.25. The second kappa shape index (κ2) is 10.9. The Morgan fingerprint density at radius 2 is 1.45 bits per heavy atom. The molecule has 8 nitrogen and oxygen atoms in total. The molecule has 1 heterocycles. The molecular formula is C32H26O8. The number of ketones is 1. The number of esters is 2. The number of carbonyl (C=O) groups excluding carboxylic acids is 3. The Labute approximate surface area is 230 Å². The highest BCUT2D eigenvalue weighted by atomic mass is 16.6. The average Bonchev–Trinajstić information content (AvgIpc) is 2.93. The molecule has 4 aromatic rings. The molecule has 40 heavy (non-hydrogen) atoms. The monoisotopic (exact) mass is 538 g/mol. The van der Waals surface area contributed by atoms with E-state index in [1.807, 2.05) is 25.1 Å². The summed E-state index contributed by atoms with van der Waals surface area (Å²) in [5.74, 6) is -1.26. The van der Waals surface area contributed by atoms with Gasteiger partial charge in [-0.25, -0.2) is 9.59 Å². The first-order valence-corrected chi connectivity index (χ1v) is 12.6. The van der Waals surface area contributed by atoms with Crippen LogP contribution in [0.25, 0.3) is 0 Å². The molecule has 0 fully saturated rings. The normalized spacial score (nSPS) is 14.1. The van der Waals surface area contributed by atoms with Gasteiger partial charge >= 0.3 is 11.9 Å². The molecule has 8 heteroatoms. The second-order valence-corrected chi connectivity index (χ2v) is 9.37. The maximum absolute atomic E-state index is 13.0. The van der Waals surface area contributed by atoms with E-state index in [4.69, 9.17) is 18.9 Å². The van der Waals surface area contributed by atoms with Crippen molar-refractivity contribution in [3.63, 3.8) is 0 Å². The van der Waals surface area contributed by atoms with E-state index < -0.39 is 18.0 Å². The third-order valence-corrected chi connectivity index (χ3v) is 6.68. The van der Waals surface area contributed by atoms with Gasteiger partial charge in [-0.1, -0.05) is 42.5 Å². The molecule has 1 aliphatic heterocycles. The van der Waals surface area contributed by atoms with Crippen LogP contribution in [0.1, 0.15) is 60.3 Å². The fraction of sp³-hybridized carbons (Fsp3) is 0.156. The Bertz CT molecular complexity index is 1640. The molecule has 5 rings (SSSR count). The summed E-state index contributed by atoms with van der Waals surface area (Å²) in [6, 6.07) is 21.5. The van der Waals surface area contributed by atoms with Crippen LogP contribution >= 0.6 is 0 Å². The van der Waals surface area contributed by atoms with Crippen LogP contribution in [0.15, 0.2) is 78.9 Å². The summed E-state index contributed by atoms with van der Waals surface area (Å²) in [7, 11) is 1.46. The van der Waals surface area contributed by atoms with Crippen molar-refractivity contribution in [2.24, 2.45) is 0 Å². The van der Waals surface area contributed by atoms with Gasteiger partial charge in [-0.15, -0.1) is 0 Å². The highest BCUT2D eigenvalue weighted by Gasteiger charge is 2.32. The number of rotatable bonds is 6. The maximum atomic E-state index is 13.0. The van der Waals surface area contributed by atoms with Crippen LogP contribution < -0.4 is 18.9 Å². The Balaban J connectivity index is 1.42. The molecule has 0 bridgehead atoms. The minimum Gasteiger partial charge on any atom is -0.507 e. The van der Waals surface area contributed by atoms with E-state index >= 15 is 0 Å². The van der Waals surface area contributed by atoms with E-state index in [0.29, 0.717) is 22.4 Å². The van der Waals surface area contributed by atoms with Crippen LogP contribution in [0.4, 0.5) is 0 Å². The first kappa shape index (κ1) is 26.5. The van der Waals surface area contributed by atoms with Gasteiger partial charge in [0.25, 0.3) is 0 Å². The fourth-order valence-electron chi connectivity index (χ4n) is 4.55. The third-order valence-electron chi connectivity index (χ3n) is 6.68. The molecule has 0 saturated carbocycles. The number of hydrogen-bond donors (Lipinski definition) is 1. The highest BCUT2D eigenvalue weighted by Crippen LogP contribution is 2.43. The molecule has 0 aliphatic carbocycles. The average molecular weight is 539 g/mol. The maximum Gasteiger partial charge on any atom is 0.343 e. The molecule has 0 saturated heterocycles. The Morgan fingerprint density at radius 3 is 2.08 bits per heavy atom. The van der Waals surface area contributed by atoms with Gasteiger partial charge in [0, 0.05) is 12.1 Å². The molecule has 202 valence electrons. The Hall–Kier alpha value is -5.11. The fourth-order valence-corrected chi connectivity index (χ4v) is 4.55. The summed E-state index contributed by atoms with van der Waals surface area (Å²) in [4.78, 5) is 38.6. The molecule has 1 aliphatic rings. The summed E-state index contributed by atoms with van der Waals surface area (Å²) < 4.78 is 22.6. The van der Waals surface area contributed by atoms with Crippen molar-refractivity contribution >= 4 is 17.7 Å². The lowest BCUT2D eigenvalue weighted by Gasteiger charge is -2.27. The van der Waals surface area contributed by atoms with Crippen LogP contribution in [-0.2, 0) is 0 Å². The summed E-state index contributed by atoms with van der Waals surface area (Å²) in [5, 5.41) is 10.6. The van der Waals surface area contributed by atoms with Crippen LogP contribution in [0.5, 0.6) is 28.7 Å². The quantitative estimate of drug-likeness (QED) is 0.230. The van der Waals surface area contributed by atoms with Crippen molar-refractivity contribution in [2.45, 2.75) is 26.4 Å². The van der Waals surface area contributed by atoms with E-state index in [1.54, 1.807) is 55.5 Å². The number of aryl methyl sites for hydroxylation is 2. The largest absolute Gasteiger partial charge is 0.507 e. The minimum absolute atomic E-state index is 0.00616. The van der Waals surface area contributed by atoms with Crippen LogP contribution in [0, 0.1) is 13.8 Å². The first-order chi connectivity index (χ1) is 19.2. The van der Waals surface area contributed by atoms with Crippen LogP contribution in [0.2, 0.25) is 0 Å². The number of carbonyl (C=O) groups is 3. The smallest absolute Gasteiger partial charge is 0.343 e. The van der Waals surface area contributed by atoms with Gasteiger partial charge in [0.15, 0.2) is 17.3 Å². The van der Waals surface area contributed by atoms with Gasteiger partial charge in [-0.05, 0) is 54.8 Å². The molecule has 0 amide bonds. The van der Waals surface area contributed by atoms with E-state index in [2.05, 4.69) is 0 Å². The number of ether oxygens (including phenoxy) is 4. The minimum atomic E-state index is -0.761. The number of benzene rings is 4. The zero-order chi connectivity index (χ0) is 28.4. The lowest BCUT2D eigenvalue weighted by molar-refractivity contribution is 0.0717. The Morgan fingerprint density at radius 1 is 0.825 bits per heavy atom. The van der Waals surface area contributed by atoms with Crippen molar-refractivity contribution < 1.29 is 38.4 Å². The molecule has 1 atom stereocenters. The number of hydrogen-bond acceptors (Lipinski definition) is 8. The number of aromatic hydroxyl groups is 1. The molecule has 1 N–H and O–H groups in total. The van der Waals surface area contributed by atoms with Crippen LogP contribution in [-0.4, -0.2) is 29.9 Å². The first-order valence-electron chi connectivity index (χ1n) is 12.6. The molecule has 0 unspecified atom stereocenters. The van der Waals surface area contributed by atoms with Crippen molar-refractivity contribution in [3.8, 4) is 28.7 Å². The molecule has 0 aromatic heterocycles. The molecular weight excluding hydrogens is 512 g/mol. The van der Waals surface area contributed by atoms with Crippen molar-refractivity contribution in [3.05, 3.63) is 112 Å². The number of fused-ring (bicyclic) bond motifs is 1. The topological polar surface area (TPSA) is 108 Å². The number of phenols is 1. The number of Topliss-reactive ketones (excluding diaryl/α,β-unsaturated/α-hetero) is 1. The van der Waals surface area contributed by atoms with Gasteiger partial charge in [0.05, 0.1) is 24.7 Å². The zero-order valence-corrected chi connectivity index (χ0v) is 22.1. The van der Waals surface area contributed by atoms with Gasteiger partial charge in [0.2, 0.25) is 0 Å². The summed E-state index contributed by atoms with van der Waals surface area (Å²) in [6.45, 7) is 3.60. The highest BCUT2D eigenvalue weighted by molar-refractivity contribution is 6.03. The third kappa shape index (κ3) is 5.24. The van der Waals surface area contributed by atoms with Gasteiger partial charge in [0.1, 0.15) is 28.9 Å². The van der Waals surface area contributed by atoms with Crippen LogP contribution in [0.3, 0.4) is 0 Å². The summed E-state index contributed by atoms with van der Waals surface area (Å²) >= 11 is 0. The second-order valence-electron chi connectivity index (χ2n) is 9.37. The standard InChI is InChI=1S/C32H26O8/c1-18-8-4-6-10-22(18)31(35)38-21-15-24(33)30-25(34)17-27(39-29(30)16-21)20-12-13-26(37-3)28(14-20)40-32(36)23-11-7-5-9-19(23)2/h4-16,27,33H,17H2,1-3H3/t27-/m0/s1. The molecule has 0 radical (unpaired) electrons. The lowest BCUT2D eigenvalue weighted by atomic mass is 9.95. The zero-order valence-electron chi connectivity index (χ0n) is 22.1. The van der Waals surface area contributed by atoms with E-state index in [0.717, 1.165) is 11.1 Å². The number of methoxy groups -OCH3 is 1. The number of phenolic OH excluding ortho intramolecular Hbond substituents is 1.